The Morgan fingerprint density at radius 2 is 1.92 bits per heavy atom. The molecule has 2 aromatic rings. The highest BCUT2D eigenvalue weighted by molar-refractivity contribution is 6.30. The number of pyridine rings is 1. The quantitative estimate of drug-likeness (QED) is 0.826. The average molecular weight is 385 g/mol. The molecule has 136 valence electrons. The summed E-state index contributed by atoms with van der Waals surface area (Å²) in [4.78, 5) is 35.7. The fourth-order valence-electron chi connectivity index (χ4n) is 2.67. The van der Waals surface area contributed by atoms with Gasteiger partial charge in [0, 0.05) is 23.9 Å². The Kier molecular flexibility index (Phi) is 4.62. The Morgan fingerprint density at radius 3 is 2.62 bits per heavy atom. The summed E-state index contributed by atoms with van der Waals surface area (Å²) >= 11 is 5.58. The number of hydrogen-bond acceptors (Lipinski definition) is 3. The smallest absolute Gasteiger partial charge is 0.326 e. The van der Waals surface area contributed by atoms with Crippen LogP contribution in [0, 0.1) is 0 Å². The van der Waals surface area contributed by atoms with E-state index in [9.17, 15) is 27.6 Å². The number of halogens is 4. The Hall–Kier alpha value is -2.61. The van der Waals surface area contributed by atoms with Crippen LogP contribution in [0.2, 0.25) is 5.02 Å². The van der Waals surface area contributed by atoms with Crippen LogP contribution in [0.4, 0.5) is 18.9 Å². The molecule has 2 heterocycles. The van der Waals surface area contributed by atoms with E-state index in [1.165, 1.54) is 6.07 Å². The number of ketones is 1. The van der Waals surface area contributed by atoms with Crippen LogP contribution < -0.4 is 10.9 Å². The molecule has 1 aliphatic rings. The molecule has 1 aliphatic heterocycles. The van der Waals surface area contributed by atoms with Crippen molar-refractivity contribution in [3.05, 3.63) is 62.5 Å². The fraction of sp³-hybridized carbons (Fsp3) is 0.235. The van der Waals surface area contributed by atoms with Gasteiger partial charge in [-0.25, -0.2) is 0 Å². The molecule has 0 radical (unpaired) electrons. The number of carbonyl (C=O) groups excluding carboxylic acids is 2. The molecule has 1 N–H and O–H groups in total. The number of aryl methyl sites for hydroxylation is 1. The van der Waals surface area contributed by atoms with Crippen LogP contribution >= 0.6 is 11.6 Å². The van der Waals surface area contributed by atoms with Gasteiger partial charge in [-0.05, 0) is 36.2 Å². The zero-order valence-corrected chi connectivity index (χ0v) is 13.9. The zero-order valence-electron chi connectivity index (χ0n) is 13.2. The first-order chi connectivity index (χ1) is 12.1. The summed E-state index contributed by atoms with van der Waals surface area (Å²) in [5.74, 6) is -0.663. The first-order valence-electron chi connectivity index (χ1n) is 7.58. The van der Waals surface area contributed by atoms with E-state index in [0.717, 1.165) is 5.56 Å². The summed E-state index contributed by atoms with van der Waals surface area (Å²) in [5, 5.41) is 2.06. The third-order valence-electron chi connectivity index (χ3n) is 4.01. The molecular formula is C17H12ClF3N2O3. The maximum atomic E-state index is 12.9. The minimum atomic E-state index is -4.69. The van der Waals surface area contributed by atoms with E-state index in [0.29, 0.717) is 28.9 Å². The SMILES string of the molecule is O=C1CCc2cc(C(=O)Cn3cc(C(F)(F)F)cc(Cl)c3=O)ccc2N1. The lowest BCUT2D eigenvalue weighted by Crippen LogP contribution is -2.26. The highest BCUT2D eigenvalue weighted by atomic mass is 35.5. The molecule has 3 rings (SSSR count). The van der Waals surface area contributed by atoms with Gasteiger partial charge < -0.3 is 9.88 Å². The fourth-order valence-corrected chi connectivity index (χ4v) is 2.90. The van der Waals surface area contributed by atoms with Crippen molar-refractivity contribution in [3.63, 3.8) is 0 Å². The second kappa shape index (κ2) is 6.60. The molecule has 26 heavy (non-hydrogen) atoms. The Balaban J connectivity index is 1.90. The molecule has 0 aliphatic carbocycles. The third-order valence-corrected chi connectivity index (χ3v) is 4.28. The normalized spacial score (nSPS) is 13.9. The predicted molar refractivity (Wildman–Crippen MR) is 88.4 cm³/mol. The number of alkyl halides is 3. The first-order valence-corrected chi connectivity index (χ1v) is 7.96. The average Bonchev–Trinajstić information content (AvgIpc) is 2.57. The van der Waals surface area contributed by atoms with Gasteiger partial charge in [-0.2, -0.15) is 13.2 Å². The van der Waals surface area contributed by atoms with Crippen LogP contribution in [0.1, 0.15) is 27.9 Å². The lowest BCUT2D eigenvalue weighted by atomic mass is 9.99. The minimum Gasteiger partial charge on any atom is -0.326 e. The summed E-state index contributed by atoms with van der Waals surface area (Å²) < 4.78 is 39.2. The number of nitrogens with one attached hydrogen (secondary N) is 1. The molecule has 1 aromatic carbocycles. The van der Waals surface area contributed by atoms with Crippen molar-refractivity contribution in [2.24, 2.45) is 0 Å². The Morgan fingerprint density at radius 1 is 1.19 bits per heavy atom. The largest absolute Gasteiger partial charge is 0.417 e. The highest BCUT2D eigenvalue weighted by Gasteiger charge is 2.32. The number of fused-ring (bicyclic) bond motifs is 1. The summed E-state index contributed by atoms with van der Waals surface area (Å²) in [6.07, 6.45) is -3.37. The van der Waals surface area contributed by atoms with Crippen LogP contribution in [-0.4, -0.2) is 16.3 Å². The van der Waals surface area contributed by atoms with Crippen LogP contribution in [0.5, 0.6) is 0 Å². The van der Waals surface area contributed by atoms with Gasteiger partial charge in [0.25, 0.3) is 5.56 Å². The van der Waals surface area contributed by atoms with E-state index in [1.54, 1.807) is 12.1 Å². The molecule has 0 atom stereocenters. The lowest BCUT2D eigenvalue weighted by molar-refractivity contribution is -0.138. The first kappa shape index (κ1) is 18.2. The number of Topliss-reactive ketones (excluding diaryl/α,β-unsaturated/α-hetero) is 1. The van der Waals surface area contributed by atoms with Crippen molar-refractivity contribution in [2.75, 3.05) is 5.32 Å². The minimum absolute atomic E-state index is 0.123. The zero-order chi connectivity index (χ0) is 19.1. The summed E-state index contributed by atoms with van der Waals surface area (Å²) in [6, 6.07) is 5.11. The monoisotopic (exact) mass is 384 g/mol. The number of hydrogen-bond donors (Lipinski definition) is 1. The second-order valence-electron chi connectivity index (χ2n) is 5.85. The number of anilines is 1. The molecule has 0 bridgehead atoms. The van der Waals surface area contributed by atoms with Crippen molar-refractivity contribution in [3.8, 4) is 0 Å². The summed E-state index contributed by atoms with van der Waals surface area (Å²) in [7, 11) is 0. The van der Waals surface area contributed by atoms with E-state index in [2.05, 4.69) is 5.32 Å². The van der Waals surface area contributed by atoms with Crippen molar-refractivity contribution >= 4 is 29.0 Å². The van der Waals surface area contributed by atoms with Gasteiger partial charge in [-0.1, -0.05) is 11.6 Å². The van der Waals surface area contributed by atoms with E-state index >= 15 is 0 Å². The van der Waals surface area contributed by atoms with Gasteiger partial charge in [-0.15, -0.1) is 0 Å². The molecule has 1 aromatic heterocycles. The number of aromatic nitrogens is 1. The topological polar surface area (TPSA) is 68.2 Å². The number of benzene rings is 1. The summed E-state index contributed by atoms with van der Waals surface area (Å²) in [5.41, 5.74) is -0.399. The van der Waals surface area contributed by atoms with Crippen molar-refractivity contribution in [2.45, 2.75) is 25.6 Å². The van der Waals surface area contributed by atoms with Crippen molar-refractivity contribution in [1.29, 1.82) is 0 Å². The number of rotatable bonds is 3. The number of nitrogens with zero attached hydrogens (tertiary/aromatic N) is 1. The van der Waals surface area contributed by atoms with Gasteiger partial charge >= 0.3 is 6.18 Å². The van der Waals surface area contributed by atoms with E-state index in [1.807, 2.05) is 0 Å². The molecule has 0 fully saturated rings. The van der Waals surface area contributed by atoms with E-state index < -0.39 is 34.6 Å². The van der Waals surface area contributed by atoms with Gasteiger partial charge in [0.05, 0.1) is 12.1 Å². The van der Waals surface area contributed by atoms with Gasteiger partial charge in [0.15, 0.2) is 5.78 Å². The van der Waals surface area contributed by atoms with Crippen LogP contribution in [-0.2, 0) is 23.9 Å². The summed E-state index contributed by atoms with van der Waals surface area (Å²) in [6.45, 7) is -0.576. The van der Waals surface area contributed by atoms with E-state index in [4.69, 9.17) is 11.6 Å². The Labute approximate surface area is 150 Å². The standard InChI is InChI=1S/C17H12ClF3N2O3/c18-12-6-11(17(19,20)21)7-23(16(12)26)8-14(24)10-1-3-13-9(5-10)2-4-15(25)22-13/h1,3,5-7H,2,4,8H2,(H,22,25). The van der Waals surface area contributed by atoms with Crippen LogP contribution in [0.3, 0.4) is 0 Å². The highest BCUT2D eigenvalue weighted by Crippen LogP contribution is 2.30. The molecule has 0 unspecified atom stereocenters. The van der Waals surface area contributed by atoms with Crippen LogP contribution in [0.15, 0.2) is 35.3 Å². The molecule has 1 amide bonds. The second-order valence-corrected chi connectivity index (χ2v) is 6.26. The third kappa shape index (κ3) is 3.65. The molecule has 0 saturated heterocycles. The maximum absolute atomic E-state index is 12.9. The Bertz CT molecular complexity index is 967. The maximum Gasteiger partial charge on any atom is 0.417 e. The van der Waals surface area contributed by atoms with Crippen LogP contribution in [0.25, 0.3) is 0 Å². The molecule has 9 heteroatoms. The van der Waals surface area contributed by atoms with Gasteiger partial charge in [0.1, 0.15) is 5.02 Å². The number of amides is 1. The molecule has 0 saturated carbocycles. The van der Waals surface area contributed by atoms with Crippen molar-refractivity contribution < 1.29 is 22.8 Å². The van der Waals surface area contributed by atoms with Gasteiger partial charge in [0.2, 0.25) is 5.91 Å². The van der Waals surface area contributed by atoms with Crippen molar-refractivity contribution in [1.82, 2.24) is 4.57 Å². The molecule has 5 nitrogen and oxygen atoms in total. The predicted octanol–water partition coefficient (Wildman–Crippen LogP) is 3.29. The molecular weight excluding hydrogens is 373 g/mol. The molecule has 0 spiro atoms. The lowest BCUT2D eigenvalue weighted by Gasteiger charge is -2.17. The van der Waals surface area contributed by atoms with E-state index in [-0.39, 0.29) is 17.9 Å². The number of carbonyl (C=O) groups is 2. The van der Waals surface area contributed by atoms with Gasteiger partial charge in [-0.3, -0.25) is 14.4 Å².